The molecule has 0 spiro atoms. The van der Waals surface area contributed by atoms with Crippen LogP contribution in [0.4, 0.5) is 0 Å². The lowest BCUT2D eigenvalue weighted by Gasteiger charge is -2.23. The Morgan fingerprint density at radius 1 is 1.29 bits per heavy atom. The highest BCUT2D eigenvalue weighted by atomic mass is 16.3. The molecule has 1 saturated carbocycles. The van der Waals surface area contributed by atoms with Crippen LogP contribution in [0, 0.1) is 12.8 Å². The molecule has 1 aromatic rings. The van der Waals surface area contributed by atoms with Gasteiger partial charge < -0.3 is 5.11 Å². The lowest BCUT2D eigenvalue weighted by Crippen LogP contribution is -2.21. The highest BCUT2D eigenvalue weighted by Gasteiger charge is 2.36. The minimum absolute atomic E-state index is 0.548. The third-order valence-corrected chi connectivity index (χ3v) is 3.33. The summed E-state index contributed by atoms with van der Waals surface area (Å²) in [5.74, 6) is 0.654. The number of aryl methyl sites for hydroxylation is 1. The molecule has 1 fully saturated rings. The van der Waals surface area contributed by atoms with Gasteiger partial charge in [0.1, 0.15) is 0 Å². The molecule has 1 aliphatic carbocycles. The van der Waals surface area contributed by atoms with Crippen LogP contribution in [0.5, 0.6) is 0 Å². The molecular weight excluding hydrogens is 172 g/mol. The van der Waals surface area contributed by atoms with E-state index >= 15 is 0 Å². The molecule has 1 N–H and O–H groups in total. The second-order valence-corrected chi connectivity index (χ2v) is 4.75. The van der Waals surface area contributed by atoms with Gasteiger partial charge in [-0.1, -0.05) is 36.8 Å². The van der Waals surface area contributed by atoms with Crippen molar-refractivity contribution in [2.75, 3.05) is 0 Å². The van der Waals surface area contributed by atoms with Crippen molar-refractivity contribution in [3.05, 3.63) is 35.4 Å². The molecule has 0 aliphatic heterocycles. The predicted molar refractivity (Wildman–Crippen MR) is 58.1 cm³/mol. The van der Waals surface area contributed by atoms with Crippen LogP contribution in [0.25, 0.3) is 0 Å². The summed E-state index contributed by atoms with van der Waals surface area (Å²) in [5.41, 5.74) is 1.79. The van der Waals surface area contributed by atoms with Gasteiger partial charge in [0, 0.05) is 0 Å². The zero-order valence-electron chi connectivity index (χ0n) is 8.96. The van der Waals surface area contributed by atoms with Crippen LogP contribution < -0.4 is 0 Å². The fourth-order valence-corrected chi connectivity index (χ4v) is 2.39. The van der Waals surface area contributed by atoms with Crippen molar-refractivity contribution < 1.29 is 5.11 Å². The smallest absolute Gasteiger partial charge is 0.0899 e. The highest BCUT2D eigenvalue weighted by Crippen LogP contribution is 2.41. The van der Waals surface area contributed by atoms with Gasteiger partial charge >= 0.3 is 0 Å². The molecule has 0 saturated heterocycles. The van der Waals surface area contributed by atoms with Gasteiger partial charge in [-0.15, -0.1) is 0 Å². The standard InChI is InChI=1S/C13H18O/c1-10-3-5-12(6-4-10)13(14)8-7-11(2)9-13/h3-6,11,14H,7-9H2,1-2H3/t11-,13+/m0/s1. The molecule has 0 radical (unpaired) electrons. The van der Waals surface area contributed by atoms with Crippen molar-refractivity contribution in [2.45, 2.75) is 38.7 Å². The van der Waals surface area contributed by atoms with E-state index in [9.17, 15) is 5.11 Å². The van der Waals surface area contributed by atoms with Crippen molar-refractivity contribution in [1.82, 2.24) is 0 Å². The Bertz CT molecular complexity index is 315. The average molecular weight is 190 g/mol. The van der Waals surface area contributed by atoms with Crippen LogP contribution in [0.15, 0.2) is 24.3 Å². The third kappa shape index (κ3) is 1.69. The van der Waals surface area contributed by atoms with Crippen molar-refractivity contribution in [1.29, 1.82) is 0 Å². The number of hydrogen-bond donors (Lipinski definition) is 1. The molecule has 14 heavy (non-hydrogen) atoms. The van der Waals surface area contributed by atoms with Crippen LogP contribution in [0.1, 0.15) is 37.3 Å². The first-order valence-corrected chi connectivity index (χ1v) is 5.40. The minimum atomic E-state index is -0.548. The molecule has 1 heteroatoms. The SMILES string of the molecule is Cc1ccc([C@@]2(O)CC[C@H](C)C2)cc1. The van der Waals surface area contributed by atoms with E-state index in [-0.39, 0.29) is 0 Å². The fourth-order valence-electron chi connectivity index (χ4n) is 2.39. The summed E-state index contributed by atoms with van der Waals surface area (Å²) in [6, 6.07) is 8.29. The van der Waals surface area contributed by atoms with E-state index in [0.717, 1.165) is 24.8 Å². The first kappa shape index (κ1) is 9.72. The average Bonchev–Trinajstić information content (AvgIpc) is 2.48. The zero-order valence-corrected chi connectivity index (χ0v) is 8.96. The van der Waals surface area contributed by atoms with E-state index < -0.39 is 5.60 Å². The zero-order chi connectivity index (χ0) is 10.2. The van der Waals surface area contributed by atoms with Gasteiger partial charge in [-0.05, 0) is 37.7 Å². The lowest BCUT2D eigenvalue weighted by molar-refractivity contribution is 0.0408. The monoisotopic (exact) mass is 190 g/mol. The van der Waals surface area contributed by atoms with Crippen molar-refractivity contribution in [3.63, 3.8) is 0 Å². The van der Waals surface area contributed by atoms with Crippen LogP contribution in [0.2, 0.25) is 0 Å². The second-order valence-electron chi connectivity index (χ2n) is 4.75. The van der Waals surface area contributed by atoms with Gasteiger partial charge in [-0.3, -0.25) is 0 Å². The van der Waals surface area contributed by atoms with Gasteiger partial charge in [-0.25, -0.2) is 0 Å². The summed E-state index contributed by atoms with van der Waals surface area (Å²) < 4.78 is 0. The second kappa shape index (κ2) is 3.39. The maximum Gasteiger partial charge on any atom is 0.0899 e. The normalized spacial score (nSPS) is 32.1. The Kier molecular flexibility index (Phi) is 2.36. The Hall–Kier alpha value is -0.820. The van der Waals surface area contributed by atoms with Crippen LogP contribution >= 0.6 is 0 Å². The van der Waals surface area contributed by atoms with Crippen LogP contribution in [-0.2, 0) is 5.60 Å². The summed E-state index contributed by atoms with van der Waals surface area (Å²) in [6.07, 6.45) is 2.97. The maximum atomic E-state index is 10.4. The van der Waals surface area contributed by atoms with Gasteiger partial charge in [0.2, 0.25) is 0 Å². The first-order chi connectivity index (χ1) is 6.60. The Morgan fingerprint density at radius 2 is 1.93 bits per heavy atom. The molecule has 2 atom stereocenters. The fraction of sp³-hybridized carbons (Fsp3) is 0.538. The Morgan fingerprint density at radius 3 is 2.43 bits per heavy atom. The molecule has 1 nitrogen and oxygen atoms in total. The minimum Gasteiger partial charge on any atom is -0.385 e. The Labute approximate surface area is 85.8 Å². The molecule has 1 aliphatic rings. The molecule has 0 bridgehead atoms. The summed E-state index contributed by atoms with van der Waals surface area (Å²) in [6.45, 7) is 4.29. The summed E-state index contributed by atoms with van der Waals surface area (Å²) in [5, 5.41) is 10.4. The van der Waals surface area contributed by atoms with Gasteiger partial charge in [-0.2, -0.15) is 0 Å². The molecule has 0 unspecified atom stereocenters. The Balaban J connectivity index is 2.26. The largest absolute Gasteiger partial charge is 0.385 e. The van der Waals surface area contributed by atoms with E-state index in [0.29, 0.717) is 5.92 Å². The van der Waals surface area contributed by atoms with Gasteiger partial charge in [0.05, 0.1) is 5.60 Å². The van der Waals surface area contributed by atoms with Crippen molar-refractivity contribution in [2.24, 2.45) is 5.92 Å². The summed E-state index contributed by atoms with van der Waals surface area (Å²) in [7, 11) is 0. The molecule has 76 valence electrons. The van der Waals surface area contributed by atoms with E-state index in [2.05, 4.69) is 38.1 Å². The van der Waals surface area contributed by atoms with E-state index in [4.69, 9.17) is 0 Å². The molecule has 1 aromatic carbocycles. The summed E-state index contributed by atoms with van der Waals surface area (Å²) >= 11 is 0. The van der Waals surface area contributed by atoms with E-state index in [1.54, 1.807) is 0 Å². The van der Waals surface area contributed by atoms with Crippen LogP contribution in [-0.4, -0.2) is 5.11 Å². The van der Waals surface area contributed by atoms with Gasteiger partial charge in [0.25, 0.3) is 0 Å². The van der Waals surface area contributed by atoms with E-state index in [1.165, 1.54) is 5.56 Å². The van der Waals surface area contributed by atoms with Crippen molar-refractivity contribution >= 4 is 0 Å². The molecule has 2 rings (SSSR count). The number of rotatable bonds is 1. The quantitative estimate of drug-likeness (QED) is 0.721. The van der Waals surface area contributed by atoms with Crippen molar-refractivity contribution in [3.8, 4) is 0 Å². The predicted octanol–water partition coefficient (Wildman–Crippen LogP) is 3.00. The summed E-state index contributed by atoms with van der Waals surface area (Å²) in [4.78, 5) is 0. The first-order valence-electron chi connectivity index (χ1n) is 5.40. The highest BCUT2D eigenvalue weighted by molar-refractivity contribution is 5.27. The molecular formula is C13H18O. The van der Waals surface area contributed by atoms with Crippen LogP contribution in [0.3, 0.4) is 0 Å². The van der Waals surface area contributed by atoms with E-state index in [1.807, 2.05) is 0 Å². The number of hydrogen-bond acceptors (Lipinski definition) is 1. The van der Waals surface area contributed by atoms with Gasteiger partial charge in [0.15, 0.2) is 0 Å². The number of aliphatic hydroxyl groups is 1. The third-order valence-electron chi connectivity index (χ3n) is 3.33. The topological polar surface area (TPSA) is 20.2 Å². The number of benzene rings is 1. The molecule has 0 amide bonds. The lowest BCUT2D eigenvalue weighted by atomic mass is 9.91. The maximum absolute atomic E-state index is 10.4. The molecule has 0 aromatic heterocycles. The molecule has 0 heterocycles.